The molecule has 4 aromatic rings. The Balaban J connectivity index is 1.87. The van der Waals surface area contributed by atoms with Gasteiger partial charge in [-0.15, -0.1) is 11.3 Å². The van der Waals surface area contributed by atoms with Gasteiger partial charge >= 0.3 is 5.97 Å². The summed E-state index contributed by atoms with van der Waals surface area (Å²) in [5, 5.41) is 4.70. The van der Waals surface area contributed by atoms with Crippen LogP contribution in [0.1, 0.15) is 62.3 Å². The van der Waals surface area contributed by atoms with Crippen LogP contribution in [0.2, 0.25) is 10.0 Å². The first kappa shape index (κ1) is 29.5. The van der Waals surface area contributed by atoms with Crippen LogP contribution in [-0.2, 0) is 4.74 Å². The summed E-state index contributed by atoms with van der Waals surface area (Å²) in [4.78, 5) is 47.1. The van der Waals surface area contributed by atoms with Crippen LogP contribution in [0.4, 0.5) is 5.00 Å². The van der Waals surface area contributed by atoms with Crippen LogP contribution in [0.15, 0.2) is 42.5 Å². The van der Waals surface area contributed by atoms with Crippen molar-refractivity contribution in [3.05, 3.63) is 79.6 Å². The average Bonchev–Trinajstić information content (AvgIpc) is 3.24. The first-order valence-electron chi connectivity index (χ1n) is 12.9. The number of hydrogen-bond donors (Lipinski definition) is 1. The lowest BCUT2D eigenvalue weighted by atomic mass is 9.97. The van der Waals surface area contributed by atoms with Crippen LogP contribution in [0.3, 0.4) is 0 Å². The molecular formula is C30H29Cl2N3O4S. The molecule has 0 bridgehead atoms. The molecule has 0 fully saturated rings. The molecule has 1 N–H and O–H groups in total. The van der Waals surface area contributed by atoms with Gasteiger partial charge in [0.25, 0.3) is 11.8 Å². The van der Waals surface area contributed by atoms with Crippen LogP contribution in [0.5, 0.6) is 0 Å². The van der Waals surface area contributed by atoms with Gasteiger partial charge in [-0.2, -0.15) is 0 Å². The number of anilines is 1. The number of ether oxygens (including phenoxy) is 1. The van der Waals surface area contributed by atoms with E-state index in [1.807, 2.05) is 38.1 Å². The number of pyridine rings is 1. The first-order valence-corrected chi connectivity index (χ1v) is 14.5. The molecule has 40 heavy (non-hydrogen) atoms. The number of fused-ring (bicyclic) bond motifs is 1. The minimum atomic E-state index is -0.602. The van der Waals surface area contributed by atoms with Crippen LogP contribution >= 0.6 is 34.5 Å². The molecule has 0 aliphatic heterocycles. The van der Waals surface area contributed by atoms with E-state index in [0.717, 1.165) is 11.3 Å². The zero-order valence-corrected chi connectivity index (χ0v) is 25.2. The van der Waals surface area contributed by atoms with Crippen molar-refractivity contribution < 1.29 is 19.1 Å². The molecule has 0 saturated heterocycles. The van der Waals surface area contributed by atoms with Crippen molar-refractivity contribution in [1.29, 1.82) is 0 Å². The second-order valence-corrected chi connectivity index (χ2v) is 10.9. The highest BCUT2D eigenvalue weighted by Crippen LogP contribution is 2.38. The topological polar surface area (TPSA) is 88.6 Å². The third-order valence-corrected chi connectivity index (χ3v) is 8.39. The number of carbonyl (C=O) groups is 3. The number of para-hydroxylation sites is 1. The average molecular weight is 599 g/mol. The van der Waals surface area contributed by atoms with Gasteiger partial charge in [0.2, 0.25) is 0 Å². The number of aromatic nitrogens is 1. The van der Waals surface area contributed by atoms with Gasteiger partial charge in [-0.1, -0.05) is 41.4 Å². The Morgan fingerprint density at radius 2 is 1.68 bits per heavy atom. The molecule has 208 valence electrons. The molecule has 10 heteroatoms. The second kappa shape index (κ2) is 12.4. The molecule has 2 amide bonds. The maximum Gasteiger partial charge on any atom is 0.341 e. The van der Waals surface area contributed by atoms with E-state index in [1.165, 1.54) is 0 Å². The standard InChI is InChI=1S/C30H29Cl2N3O4S/c1-6-35(7-2)29(37)26-17(5)24(30(38)39-8-3)28(40-26)34-27(36)23-16(4)25(19-14-13-18(31)15-21(19)32)33-22-12-10-9-11-20(22)23/h9-15H,6-8H2,1-5H3,(H,34,36). The fourth-order valence-corrected chi connectivity index (χ4v) is 6.27. The summed E-state index contributed by atoms with van der Waals surface area (Å²) >= 11 is 13.7. The summed E-state index contributed by atoms with van der Waals surface area (Å²) in [6.07, 6.45) is 0. The number of esters is 1. The van der Waals surface area contributed by atoms with Crippen molar-refractivity contribution in [1.82, 2.24) is 9.88 Å². The zero-order chi connectivity index (χ0) is 29.1. The van der Waals surface area contributed by atoms with Crippen LogP contribution in [-0.4, -0.2) is 47.4 Å². The van der Waals surface area contributed by atoms with E-state index in [-0.39, 0.29) is 23.1 Å². The third-order valence-electron chi connectivity index (χ3n) is 6.65. The summed E-state index contributed by atoms with van der Waals surface area (Å²) in [5.74, 6) is -1.25. The quantitative estimate of drug-likeness (QED) is 0.209. The number of hydrogen-bond acceptors (Lipinski definition) is 6. The van der Waals surface area contributed by atoms with Gasteiger partial charge in [0.1, 0.15) is 5.00 Å². The Hall–Kier alpha value is -3.46. The van der Waals surface area contributed by atoms with Crippen LogP contribution in [0.25, 0.3) is 22.2 Å². The molecular weight excluding hydrogens is 569 g/mol. The van der Waals surface area contributed by atoms with Gasteiger partial charge in [-0.25, -0.2) is 9.78 Å². The Morgan fingerprint density at radius 3 is 2.33 bits per heavy atom. The molecule has 2 aromatic heterocycles. The molecule has 4 rings (SSSR count). The highest BCUT2D eigenvalue weighted by molar-refractivity contribution is 7.18. The predicted molar refractivity (Wildman–Crippen MR) is 162 cm³/mol. The minimum absolute atomic E-state index is 0.153. The van der Waals surface area contributed by atoms with Gasteiger partial charge in [-0.05, 0) is 70.0 Å². The van der Waals surface area contributed by atoms with Crippen LogP contribution in [0, 0.1) is 13.8 Å². The number of rotatable bonds is 8. The fraction of sp³-hybridized carbons (Fsp3) is 0.267. The van der Waals surface area contributed by atoms with Crippen molar-refractivity contribution in [3.8, 4) is 11.3 Å². The van der Waals surface area contributed by atoms with E-state index in [4.69, 9.17) is 32.9 Å². The molecule has 0 aliphatic carbocycles. The number of carbonyl (C=O) groups excluding carboxylic acids is 3. The summed E-state index contributed by atoms with van der Waals surface area (Å²) in [6, 6.07) is 12.4. The number of amides is 2. The lowest BCUT2D eigenvalue weighted by Crippen LogP contribution is -2.30. The van der Waals surface area contributed by atoms with E-state index in [0.29, 0.717) is 66.9 Å². The number of thiophene rings is 1. The third kappa shape index (κ3) is 5.57. The van der Waals surface area contributed by atoms with Gasteiger partial charge in [0.05, 0.1) is 38.8 Å². The van der Waals surface area contributed by atoms with E-state index < -0.39 is 11.9 Å². The molecule has 2 aromatic carbocycles. The minimum Gasteiger partial charge on any atom is -0.462 e. The van der Waals surface area contributed by atoms with Crippen LogP contribution < -0.4 is 5.32 Å². The normalized spacial score (nSPS) is 11.0. The molecule has 0 unspecified atom stereocenters. The SMILES string of the molecule is CCOC(=O)c1c(NC(=O)c2c(C)c(-c3ccc(Cl)cc3Cl)nc3ccccc23)sc(C(=O)N(CC)CC)c1C. The molecule has 7 nitrogen and oxygen atoms in total. The molecule has 0 spiro atoms. The van der Waals surface area contributed by atoms with Crippen molar-refractivity contribution in [2.45, 2.75) is 34.6 Å². The molecule has 0 atom stereocenters. The number of nitrogens with zero attached hydrogens (tertiary/aromatic N) is 2. The zero-order valence-electron chi connectivity index (χ0n) is 22.9. The van der Waals surface area contributed by atoms with Gasteiger partial charge in [0, 0.05) is 29.1 Å². The lowest BCUT2D eigenvalue weighted by molar-refractivity contribution is 0.0527. The van der Waals surface area contributed by atoms with Crippen molar-refractivity contribution in [2.75, 3.05) is 25.0 Å². The van der Waals surface area contributed by atoms with Crippen molar-refractivity contribution in [3.63, 3.8) is 0 Å². The summed E-state index contributed by atoms with van der Waals surface area (Å²) < 4.78 is 5.29. The Morgan fingerprint density at radius 1 is 0.975 bits per heavy atom. The monoisotopic (exact) mass is 597 g/mol. The molecule has 0 radical (unpaired) electrons. The number of nitrogens with one attached hydrogen (secondary N) is 1. The smallest absolute Gasteiger partial charge is 0.341 e. The largest absolute Gasteiger partial charge is 0.462 e. The van der Waals surface area contributed by atoms with Crippen molar-refractivity contribution >= 4 is 68.2 Å². The molecule has 0 aliphatic rings. The number of halogens is 2. The van der Waals surface area contributed by atoms with Crippen molar-refractivity contribution in [2.24, 2.45) is 0 Å². The highest BCUT2D eigenvalue weighted by atomic mass is 35.5. The van der Waals surface area contributed by atoms with E-state index >= 15 is 0 Å². The maximum absolute atomic E-state index is 14.0. The molecule has 2 heterocycles. The van der Waals surface area contributed by atoms with E-state index in [9.17, 15) is 14.4 Å². The Labute approximate surface area is 247 Å². The molecule has 0 saturated carbocycles. The predicted octanol–water partition coefficient (Wildman–Crippen LogP) is 7.80. The van der Waals surface area contributed by atoms with Gasteiger partial charge in [-0.3, -0.25) is 9.59 Å². The summed E-state index contributed by atoms with van der Waals surface area (Å²) in [6.45, 7) is 10.2. The van der Waals surface area contributed by atoms with E-state index in [1.54, 1.807) is 43.9 Å². The second-order valence-electron chi connectivity index (χ2n) is 9.01. The lowest BCUT2D eigenvalue weighted by Gasteiger charge is -2.18. The Kier molecular flexibility index (Phi) is 9.13. The summed E-state index contributed by atoms with van der Waals surface area (Å²) in [5.41, 5.74) is 3.40. The number of benzene rings is 2. The van der Waals surface area contributed by atoms with E-state index in [2.05, 4.69) is 5.32 Å². The Bertz CT molecular complexity index is 1630. The summed E-state index contributed by atoms with van der Waals surface area (Å²) in [7, 11) is 0. The highest BCUT2D eigenvalue weighted by Gasteiger charge is 2.29. The maximum atomic E-state index is 14.0. The first-order chi connectivity index (χ1) is 19.1. The fourth-order valence-electron chi connectivity index (χ4n) is 4.62. The van der Waals surface area contributed by atoms with Gasteiger partial charge in [0.15, 0.2) is 0 Å². The van der Waals surface area contributed by atoms with Gasteiger partial charge < -0.3 is 15.0 Å².